The molecule has 0 bridgehead atoms. The Balaban J connectivity index is 1.67. The lowest BCUT2D eigenvalue weighted by Gasteiger charge is -2.05. The van der Waals surface area contributed by atoms with Crippen molar-refractivity contribution in [2.75, 3.05) is 0 Å². The summed E-state index contributed by atoms with van der Waals surface area (Å²) in [5, 5.41) is 4.43. The highest BCUT2D eigenvalue weighted by Crippen LogP contribution is 2.29. The maximum Gasteiger partial charge on any atom is 0.258 e. The molecule has 0 amide bonds. The first-order chi connectivity index (χ1) is 11.2. The first-order valence-corrected chi connectivity index (χ1v) is 8.94. The third-order valence-electron chi connectivity index (χ3n) is 3.26. The van der Waals surface area contributed by atoms with Gasteiger partial charge in [0.1, 0.15) is 21.8 Å². The van der Waals surface area contributed by atoms with Crippen LogP contribution in [0.5, 0.6) is 0 Å². The van der Waals surface area contributed by atoms with Gasteiger partial charge >= 0.3 is 0 Å². The first-order valence-electron chi connectivity index (χ1n) is 6.69. The summed E-state index contributed by atoms with van der Waals surface area (Å²) in [5.41, 5.74) is 1.15. The molecule has 0 aromatic carbocycles. The molecule has 0 radical (unpaired) electrons. The second-order valence-electron chi connectivity index (χ2n) is 4.77. The van der Waals surface area contributed by atoms with Gasteiger partial charge in [0.25, 0.3) is 5.56 Å². The van der Waals surface area contributed by atoms with Crippen LogP contribution >= 0.6 is 34.7 Å². The van der Waals surface area contributed by atoms with E-state index in [2.05, 4.69) is 15.0 Å². The minimum absolute atomic E-state index is 0.142. The minimum Gasteiger partial charge on any atom is -0.269 e. The molecular formula is C15H9ClN4OS2. The van der Waals surface area contributed by atoms with Gasteiger partial charge in [-0.2, -0.15) is 0 Å². The summed E-state index contributed by atoms with van der Waals surface area (Å²) in [4.78, 5) is 26.2. The SMILES string of the molecule is O=c1cc(CSc2ncnc3sccc23)nc2ccc(Cl)cn12. The molecule has 0 saturated heterocycles. The highest BCUT2D eigenvalue weighted by atomic mass is 35.5. The normalized spacial score (nSPS) is 11.3. The number of hydrogen-bond donors (Lipinski definition) is 0. The number of thioether (sulfide) groups is 1. The molecule has 0 spiro atoms. The molecule has 4 heterocycles. The Morgan fingerprint density at radius 2 is 2.17 bits per heavy atom. The Hall–Kier alpha value is -1.96. The van der Waals surface area contributed by atoms with E-state index in [1.807, 2.05) is 11.4 Å². The predicted molar refractivity (Wildman–Crippen MR) is 93.4 cm³/mol. The average molecular weight is 361 g/mol. The fraction of sp³-hybridized carbons (Fsp3) is 0.0667. The zero-order valence-electron chi connectivity index (χ0n) is 11.6. The smallest absolute Gasteiger partial charge is 0.258 e. The number of halogens is 1. The summed E-state index contributed by atoms with van der Waals surface area (Å²) in [6.45, 7) is 0. The summed E-state index contributed by atoms with van der Waals surface area (Å²) in [6.07, 6.45) is 3.13. The van der Waals surface area contributed by atoms with Crippen LogP contribution in [0.4, 0.5) is 0 Å². The molecule has 0 unspecified atom stereocenters. The Bertz CT molecular complexity index is 1080. The van der Waals surface area contributed by atoms with Crippen molar-refractivity contribution >= 4 is 50.6 Å². The first kappa shape index (κ1) is 14.6. The summed E-state index contributed by atoms with van der Waals surface area (Å²) in [5.74, 6) is 0.566. The van der Waals surface area contributed by atoms with E-state index in [0.717, 1.165) is 15.2 Å². The zero-order chi connectivity index (χ0) is 15.8. The van der Waals surface area contributed by atoms with E-state index in [9.17, 15) is 4.79 Å². The number of thiophene rings is 1. The van der Waals surface area contributed by atoms with Crippen molar-refractivity contribution in [2.24, 2.45) is 0 Å². The van der Waals surface area contributed by atoms with Gasteiger partial charge in [0.15, 0.2) is 0 Å². The minimum atomic E-state index is -0.142. The fourth-order valence-electron chi connectivity index (χ4n) is 2.22. The lowest BCUT2D eigenvalue weighted by atomic mass is 10.4. The third-order valence-corrected chi connectivity index (χ3v) is 5.34. The Morgan fingerprint density at radius 1 is 1.26 bits per heavy atom. The standard InChI is InChI=1S/C15H9ClN4OS2/c16-9-1-2-12-19-10(5-13(21)20(12)6-9)7-23-15-11-3-4-22-14(11)17-8-18-15/h1-6,8H,7H2. The van der Waals surface area contributed by atoms with Gasteiger partial charge < -0.3 is 0 Å². The van der Waals surface area contributed by atoms with Crippen molar-refractivity contribution in [1.82, 2.24) is 19.4 Å². The second kappa shape index (κ2) is 5.92. The predicted octanol–water partition coefficient (Wildman–Crippen LogP) is 3.64. The van der Waals surface area contributed by atoms with Crippen LogP contribution in [0.2, 0.25) is 5.02 Å². The molecule has 5 nitrogen and oxygen atoms in total. The van der Waals surface area contributed by atoms with Crippen molar-refractivity contribution in [3.05, 3.63) is 63.2 Å². The summed E-state index contributed by atoms with van der Waals surface area (Å²) < 4.78 is 1.44. The van der Waals surface area contributed by atoms with Gasteiger partial charge in [0.2, 0.25) is 0 Å². The van der Waals surface area contributed by atoms with E-state index < -0.39 is 0 Å². The molecule has 0 saturated carbocycles. The highest BCUT2D eigenvalue weighted by Gasteiger charge is 2.08. The van der Waals surface area contributed by atoms with E-state index in [-0.39, 0.29) is 5.56 Å². The van der Waals surface area contributed by atoms with Crippen molar-refractivity contribution < 1.29 is 0 Å². The molecule has 8 heteroatoms. The molecule has 0 fully saturated rings. The highest BCUT2D eigenvalue weighted by molar-refractivity contribution is 7.98. The summed E-state index contributed by atoms with van der Waals surface area (Å²) >= 11 is 9.04. The van der Waals surface area contributed by atoms with Gasteiger partial charge in [0, 0.05) is 23.4 Å². The van der Waals surface area contributed by atoms with Gasteiger partial charge in [-0.3, -0.25) is 9.20 Å². The Labute approximate surface area is 144 Å². The average Bonchev–Trinajstić information content (AvgIpc) is 3.03. The molecule has 0 aliphatic rings. The van der Waals surface area contributed by atoms with Gasteiger partial charge in [-0.25, -0.2) is 15.0 Å². The van der Waals surface area contributed by atoms with Gasteiger partial charge in [-0.15, -0.1) is 11.3 Å². The van der Waals surface area contributed by atoms with Crippen LogP contribution in [0.1, 0.15) is 5.69 Å². The van der Waals surface area contributed by atoms with Crippen LogP contribution in [0.25, 0.3) is 15.9 Å². The van der Waals surface area contributed by atoms with Crippen molar-refractivity contribution in [1.29, 1.82) is 0 Å². The third kappa shape index (κ3) is 2.83. The molecule has 0 atom stereocenters. The molecule has 4 rings (SSSR count). The van der Waals surface area contributed by atoms with Crippen LogP contribution in [0.15, 0.2) is 52.0 Å². The van der Waals surface area contributed by atoms with Crippen molar-refractivity contribution in [3.63, 3.8) is 0 Å². The lowest BCUT2D eigenvalue weighted by molar-refractivity contribution is 1.01. The van der Waals surface area contributed by atoms with Crippen LogP contribution in [0.3, 0.4) is 0 Å². The molecular weight excluding hydrogens is 352 g/mol. The molecule has 23 heavy (non-hydrogen) atoms. The fourth-order valence-corrected chi connectivity index (χ4v) is 4.06. The van der Waals surface area contributed by atoms with Crippen LogP contribution < -0.4 is 5.56 Å². The topological polar surface area (TPSA) is 60.2 Å². The molecule has 0 aliphatic heterocycles. The van der Waals surface area contributed by atoms with E-state index in [4.69, 9.17) is 11.6 Å². The largest absolute Gasteiger partial charge is 0.269 e. The van der Waals surface area contributed by atoms with E-state index in [1.54, 1.807) is 47.8 Å². The molecule has 0 N–H and O–H groups in total. The summed E-state index contributed by atoms with van der Waals surface area (Å²) in [7, 11) is 0. The zero-order valence-corrected chi connectivity index (χ0v) is 14.0. The monoisotopic (exact) mass is 360 g/mol. The Kier molecular flexibility index (Phi) is 3.76. The van der Waals surface area contributed by atoms with E-state index in [0.29, 0.717) is 22.1 Å². The van der Waals surface area contributed by atoms with Crippen LogP contribution in [-0.2, 0) is 5.75 Å². The lowest BCUT2D eigenvalue weighted by Crippen LogP contribution is -2.15. The van der Waals surface area contributed by atoms with Gasteiger partial charge in [-0.1, -0.05) is 23.4 Å². The second-order valence-corrected chi connectivity index (χ2v) is 7.06. The summed E-state index contributed by atoms with van der Waals surface area (Å²) in [6, 6.07) is 6.99. The van der Waals surface area contributed by atoms with Crippen LogP contribution in [-0.4, -0.2) is 19.4 Å². The number of aromatic nitrogens is 4. The number of fused-ring (bicyclic) bond motifs is 2. The van der Waals surface area contributed by atoms with Gasteiger partial charge in [-0.05, 0) is 23.6 Å². The van der Waals surface area contributed by atoms with Crippen molar-refractivity contribution in [3.8, 4) is 0 Å². The molecule has 4 aromatic rings. The molecule has 0 aliphatic carbocycles. The van der Waals surface area contributed by atoms with Crippen molar-refractivity contribution in [2.45, 2.75) is 10.8 Å². The van der Waals surface area contributed by atoms with E-state index in [1.165, 1.54) is 10.5 Å². The van der Waals surface area contributed by atoms with Crippen LogP contribution in [0, 0.1) is 0 Å². The Morgan fingerprint density at radius 3 is 3.09 bits per heavy atom. The van der Waals surface area contributed by atoms with E-state index >= 15 is 0 Å². The maximum absolute atomic E-state index is 12.2. The molecule has 114 valence electrons. The van der Waals surface area contributed by atoms with Gasteiger partial charge in [0.05, 0.1) is 10.7 Å². The molecule has 4 aromatic heterocycles. The quantitative estimate of drug-likeness (QED) is 0.412. The number of rotatable bonds is 3. The number of hydrogen-bond acceptors (Lipinski definition) is 6. The number of nitrogens with zero attached hydrogens (tertiary/aromatic N) is 4. The number of pyridine rings is 1. The maximum atomic E-state index is 12.2.